The fraction of sp³-hybridized carbons (Fsp3) is 0.333. The summed E-state index contributed by atoms with van der Waals surface area (Å²) < 4.78 is 26.3. The zero-order valence-corrected chi connectivity index (χ0v) is 10.3. The van der Waals surface area contributed by atoms with Crippen molar-refractivity contribution in [3.05, 3.63) is 35.4 Å². The molecule has 2 amide bonds. The molecule has 0 aromatic heterocycles. The van der Waals surface area contributed by atoms with Gasteiger partial charge in [-0.05, 0) is 19.1 Å². The molecule has 0 heterocycles. The fourth-order valence-corrected chi connectivity index (χ4v) is 1.40. The summed E-state index contributed by atoms with van der Waals surface area (Å²) in [7, 11) is 3.07. The van der Waals surface area contributed by atoms with Gasteiger partial charge in [0.15, 0.2) is 11.6 Å². The van der Waals surface area contributed by atoms with Gasteiger partial charge in [0.25, 0.3) is 5.91 Å². The number of nitrogens with zero attached hydrogens (tertiary/aromatic N) is 1. The lowest BCUT2D eigenvalue weighted by Gasteiger charge is -2.18. The molecule has 0 aliphatic carbocycles. The van der Waals surface area contributed by atoms with Crippen molar-refractivity contribution < 1.29 is 18.4 Å². The largest absolute Gasteiger partial charge is 0.347 e. The highest BCUT2D eigenvalue weighted by Crippen LogP contribution is 2.11. The Hall–Kier alpha value is -1.98. The summed E-state index contributed by atoms with van der Waals surface area (Å²) in [6, 6.07) is 2.49. The third kappa shape index (κ3) is 3.03. The predicted molar refractivity (Wildman–Crippen MR) is 62.0 cm³/mol. The second-order valence-electron chi connectivity index (χ2n) is 4.03. The van der Waals surface area contributed by atoms with E-state index >= 15 is 0 Å². The first kappa shape index (κ1) is 14.1. The van der Waals surface area contributed by atoms with E-state index in [1.54, 1.807) is 0 Å². The van der Waals surface area contributed by atoms with Crippen LogP contribution in [0.15, 0.2) is 18.2 Å². The summed E-state index contributed by atoms with van der Waals surface area (Å²) in [5.74, 6) is -3.48. The molecule has 0 aliphatic heterocycles. The van der Waals surface area contributed by atoms with E-state index in [0.29, 0.717) is 0 Å². The summed E-state index contributed by atoms with van der Waals surface area (Å²) in [5, 5.41) is 2.31. The van der Waals surface area contributed by atoms with Crippen molar-refractivity contribution in [1.29, 1.82) is 0 Å². The van der Waals surface area contributed by atoms with Crippen LogP contribution in [0.5, 0.6) is 0 Å². The quantitative estimate of drug-likeness (QED) is 0.882. The molecule has 98 valence electrons. The number of carbonyl (C=O) groups excluding carboxylic acids is 2. The first-order valence-corrected chi connectivity index (χ1v) is 5.30. The lowest BCUT2D eigenvalue weighted by Crippen LogP contribution is -2.44. The summed E-state index contributed by atoms with van der Waals surface area (Å²) >= 11 is 0. The summed E-state index contributed by atoms with van der Waals surface area (Å²) in [4.78, 5) is 24.5. The van der Waals surface area contributed by atoms with Crippen LogP contribution in [0.3, 0.4) is 0 Å². The highest BCUT2D eigenvalue weighted by Gasteiger charge is 2.21. The van der Waals surface area contributed by atoms with Crippen LogP contribution in [0, 0.1) is 11.6 Å². The van der Waals surface area contributed by atoms with Crippen molar-refractivity contribution in [3.63, 3.8) is 0 Å². The van der Waals surface area contributed by atoms with Crippen molar-refractivity contribution >= 4 is 11.8 Å². The maximum Gasteiger partial charge on any atom is 0.255 e. The number of halogens is 2. The number of hydrogen-bond donors (Lipinski definition) is 1. The fourth-order valence-electron chi connectivity index (χ4n) is 1.40. The van der Waals surface area contributed by atoms with Crippen molar-refractivity contribution in [2.75, 3.05) is 14.1 Å². The molecule has 0 radical (unpaired) electrons. The van der Waals surface area contributed by atoms with E-state index in [9.17, 15) is 18.4 Å². The Morgan fingerprint density at radius 2 is 1.89 bits per heavy atom. The Balaban J connectivity index is 2.83. The second-order valence-corrected chi connectivity index (χ2v) is 4.03. The molecule has 0 saturated carbocycles. The van der Waals surface area contributed by atoms with Gasteiger partial charge in [-0.15, -0.1) is 0 Å². The topological polar surface area (TPSA) is 49.4 Å². The van der Waals surface area contributed by atoms with E-state index in [-0.39, 0.29) is 5.91 Å². The molecule has 1 aromatic rings. The maximum atomic E-state index is 13.3. The molecule has 1 N–H and O–H groups in total. The Kier molecular flexibility index (Phi) is 4.36. The lowest BCUT2D eigenvalue weighted by molar-refractivity contribution is -0.130. The molecule has 6 heteroatoms. The van der Waals surface area contributed by atoms with Crippen LogP contribution in [-0.2, 0) is 4.79 Å². The molecule has 18 heavy (non-hydrogen) atoms. The molecule has 1 atom stereocenters. The van der Waals surface area contributed by atoms with Crippen LogP contribution in [-0.4, -0.2) is 36.9 Å². The van der Waals surface area contributed by atoms with Crippen molar-refractivity contribution in [2.24, 2.45) is 0 Å². The van der Waals surface area contributed by atoms with Gasteiger partial charge in [0.2, 0.25) is 5.91 Å². The number of nitrogens with one attached hydrogen (secondary N) is 1. The smallest absolute Gasteiger partial charge is 0.255 e. The lowest BCUT2D eigenvalue weighted by atomic mass is 10.1. The summed E-state index contributed by atoms with van der Waals surface area (Å²) in [6.45, 7) is 1.47. The van der Waals surface area contributed by atoms with E-state index in [1.807, 2.05) is 0 Å². The maximum absolute atomic E-state index is 13.3. The van der Waals surface area contributed by atoms with Crippen molar-refractivity contribution in [1.82, 2.24) is 10.2 Å². The van der Waals surface area contributed by atoms with Gasteiger partial charge in [0.05, 0.1) is 5.56 Å². The third-order valence-electron chi connectivity index (χ3n) is 2.36. The van der Waals surface area contributed by atoms with Crippen LogP contribution in [0.1, 0.15) is 17.3 Å². The molecule has 1 rings (SSSR count). The predicted octanol–water partition coefficient (Wildman–Crippen LogP) is 1.17. The number of carbonyl (C=O) groups is 2. The van der Waals surface area contributed by atoms with Gasteiger partial charge in [-0.3, -0.25) is 9.59 Å². The molecule has 0 aliphatic rings. The van der Waals surface area contributed by atoms with Gasteiger partial charge < -0.3 is 10.2 Å². The Morgan fingerprint density at radius 3 is 2.44 bits per heavy atom. The van der Waals surface area contributed by atoms with Gasteiger partial charge >= 0.3 is 0 Å². The number of rotatable bonds is 3. The second kappa shape index (κ2) is 5.57. The first-order valence-electron chi connectivity index (χ1n) is 5.30. The van der Waals surface area contributed by atoms with E-state index in [2.05, 4.69) is 5.32 Å². The minimum atomic E-state index is -1.22. The average molecular weight is 256 g/mol. The Labute approximate surface area is 104 Å². The molecule has 0 fully saturated rings. The van der Waals surface area contributed by atoms with Crippen LogP contribution < -0.4 is 5.32 Å². The number of benzene rings is 1. The normalized spacial score (nSPS) is 11.8. The van der Waals surface area contributed by atoms with Crippen LogP contribution in [0.4, 0.5) is 8.78 Å². The third-order valence-corrected chi connectivity index (χ3v) is 2.36. The minimum Gasteiger partial charge on any atom is -0.347 e. The molecular weight excluding hydrogens is 242 g/mol. The Morgan fingerprint density at radius 1 is 1.28 bits per heavy atom. The molecule has 0 saturated heterocycles. The number of likely N-dealkylation sites (N-methyl/N-ethyl adjacent to an activating group) is 1. The standard InChI is InChI=1S/C12H14F2N2O2/c1-7(12(18)16(2)3)15-11(17)8-5-4-6-9(13)10(8)14/h4-7H,1-3H3,(H,15,17). The monoisotopic (exact) mass is 256 g/mol. The van der Waals surface area contributed by atoms with Crippen LogP contribution in [0.2, 0.25) is 0 Å². The van der Waals surface area contributed by atoms with Gasteiger partial charge in [0, 0.05) is 14.1 Å². The van der Waals surface area contributed by atoms with Crippen molar-refractivity contribution in [2.45, 2.75) is 13.0 Å². The molecule has 0 spiro atoms. The van der Waals surface area contributed by atoms with Crippen molar-refractivity contribution in [3.8, 4) is 0 Å². The van der Waals surface area contributed by atoms with Gasteiger partial charge in [-0.25, -0.2) is 8.78 Å². The Bertz CT molecular complexity index is 475. The van der Waals surface area contributed by atoms with E-state index < -0.39 is 29.1 Å². The van der Waals surface area contributed by atoms with Crippen LogP contribution >= 0.6 is 0 Å². The summed E-state index contributed by atoms with van der Waals surface area (Å²) in [6.07, 6.45) is 0. The zero-order chi connectivity index (χ0) is 13.9. The molecule has 0 bridgehead atoms. The SMILES string of the molecule is CC(NC(=O)c1cccc(F)c1F)C(=O)N(C)C. The van der Waals surface area contributed by atoms with E-state index in [0.717, 1.165) is 12.1 Å². The van der Waals surface area contributed by atoms with Crippen LogP contribution in [0.25, 0.3) is 0 Å². The molecule has 1 unspecified atom stereocenters. The van der Waals surface area contributed by atoms with Gasteiger partial charge in [-0.1, -0.05) is 6.07 Å². The van der Waals surface area contributed by atoms with Gasteiger partial charge in [-0.2, -0.15) is 0 Å². The molecule has 1 aromatic carbocycles. The average Bonchev–Trinajstić information content (AvgIpc) is 2.31. The van der Waals surface area contributed by atoms with E-state index in [4.69, 9.17) is 0 Å². The van der Waals surface area contributed by atoms with E-state index in [1.165, 1.54) is 32.0 Å². The highest BCUT2D eigenvalue weighted by molar-refractivity contribution is 5.97. The molecule has 4 nitrogen and oxygen atoms in total. The summed E-state index contributed by atoms with van der Waals surface area (Å²) in [5.41, 5.74) is -0.423. The minimum absolute atomic E-state index is 0.333. The number of amides is 2. The molecular formula is C12H14F2N2O2. The number of hydrogen-bond acceptors (Lipinski definition) is 2. The zero-order valence-electron chi connectivity index (χ0n) is 10.3. The van der Waals surface area contributed by atoms with Gasteiger partial charge in [0.1, 0.15) is 6.04 Å². The first-order chi connectivity index (χ1) is 8.34. The highest BCUT2D eigenvalue weighted by atomic mass is 19.2.